The average Bonchev–Trinajstić information content (AvgIpc) is 3.36. The van der Waals surface area contributed by atoms with Crippen molar-refractivity contribution in [1.82, 2.24) is 0 Å². The van der Waals surface area contributed by atoms with Gasteiger partial charge in [0.05, 0.1) is 11.4 Å². The van der Waals surface area contributed by atoms with Gasteiger partial charge in [-0.1, -0.05) is 24.3 Å². The zero-order valence-corrected chi connectivity index (χ0v) is 14.9. The van der Waals surface area contributed by atoms with Gasteiger partial charge in [-0.3, -0.25) is 9.52 Å². The van der Waals surface area contributed by atoms with Crippen LogP contribution in [0.2, 0.25) is 0 Å². The summed E-state index contributed by atoms with van der Waals surface area (Å²) in [7, 11) is -3.76. The minimum absolute atomic E-state index is 0.113. The van der Waals surface area contributed by atoms with Gasteiger partial charge < -0.3 is 4.90 Å². The number of fused-ring (bicyclic) bond motifs is 1. The van der Waals surface area contributed by atoms with E-state index in [2.05, 4.69) is 4.72 Å². The zero-order valence-electron chi connectivity index (χ0n) is 14.1. The number of hydrogen-bond donors (Lipinski definition) is 1. The number of nitrogens with one attached hydrogen (secondary N) is 1. The largest absolute Gasteiger partial charge is 0.312 e. The Balaban J connectivity index is 1.54. The summed E-state index contributed by atoms with van der Waals surface area (Å²) in [5.41, 5.74) is 2.31. The predicted molar refractivity (Wildman–Crippen MR) is 97.9 cm³/mol. The minimum Gasteiger partial charge on any atom is -0.312 e. The van der Waals surface area contributed by atoms with E-state index < -0.39 is 21.6 Å². The smallest absolute Gasteiger partial charge is 0.237 e. The molecule has 0 saturated heterocycles. The molecule has 1 fully saturated rings. The molecular weight excluding hydrogens is 355 g/mol. The molecule has 0 aromatic heterocycles. The molecule has 136 valence electrons. The van der Waals surface area contributed by atoms with Crippen molar-refractivity contribution in [2.24, 2.45) is 5.92 Å². The van der Waals surface area contributed by atoms with Crippen molar-refractivity contribution in [3.8, 4) is 0 Å². The summed E-state index contributed by atoms with van der Waals surface area (Å²) >= 11 is 0. The number of sulfonamides is 1. The number of carbonyl (C=O) groups is 1. The summed E-state index contributed by atoms with van der Waals surface area (Å²) in [5.74, 6) is -0.757. The maximum atomic E-state index is 13.7. The van der Waals surface area contributed by atoms with Crippen molar-refractivity contribution in [2.45, 2.75) is 25.0 Å². The lowest BCUT2D eigenvalue weighted by Crippen LogP contribution is -2.30. The molecule has 0 unspecified atom stereocenters. The van der Waals surface area contributed by atoms with Crippen LogP contribution in [0.5, 0.6) is 0 Å². The van der Waals surface area contributed by atoms with Gasteiger partial charge in [-0.05, 0) is 43.0 Å². The number of amides is 1. The molecule has 0 atom stereocenters. The molecule has 1 amide bonds. The summed E-state index contributed by atoms with van der Waals surface area (Å²) in [4.78, 5) is 14.1. The highest BCUT2D eigenvalue weighted by Gasteiger charge is 2.36. The van der Waals surface area contributed by atoms with E-state index in [4.69, 9.17) is 0 Å². The van der Waals surface area contributed by atoms with Crippen LogP contribution in [-0.2, 0) is 27.0 Å². The van der Waals surface area contributed by atoms with Gasteiger partial charge in [0.15, 0.2) is 0 Å². The lowest BCUT2D eigenvalue weighted by molar-refractivity contribution is -0.119. The van der Waals surface area contributed by atoms with E-state index in [-0.39, 0.29) is 17.4 Å². The number of halogens is 1. The first-order chi connectivity index (χ1) is 12.4. The maximum absolute atomic E-state index is 13.7. The molecule has 1 aliphatic carbocycles. The molecule has 26 heavy (non-hydrogen) atoms. The second-order valence-electron chi connectivity index (χ2n) is 6.81. The molecule has 2 aromatic carbocycles. The van der Waals surface area contributed by atoms with Gasteiger partial charge in [-0.2, -0.15) is 0 Å². The third-order valence-corrected chi connectivity index (χ3v) is 5.99. The molecule has 1 aliphatic heterocycles. The van der Waals surface area contributed by atoms with Crippen LogP contribution in [0.1, 0.15) is 24.0 Å². The van der Waals surface area contributed by atoms with Gasteiger partial charge in [-0.25, -0.2) is 12.8 Å². The molecule has 7 heteroatoms. The first-order valence-electron chi connectivity index (χ1n) is 8.61. The summed E-state index contributed by atoms with van der Waals surface area (Å²) in [6.07, 6.45) is 2.63. The molecule has 1 heterocycles. The minimum atomic E-state index is -3.76. The number of hydrogen-bond acceptors (Lipinski definition) is 3. The van der Waals surface area contributed by atoms with Crippen molar-refractivity contribution in [3.05, 3.63) is 59.4 Å². The molecule has 5 nitrogen and oxygen atoms in total. The third-order valence-electron chi connectivity index (χ3n) is 4.75. The van der Waals surface area contributed by atoms with E-state index in [1.54, 1.807) is 23.1 Å². The molecule has 2 aromatic rings. The molecule has 4 rings (SSSR count). The van der Waals surface area contributed by atoms with Crippen molar-refractivity contribution < 1.29 is 17.6 Å². The Morgan fingerprint density at radius 1 is 1.19 bits per heavy atom. The quantitative estimate of drug-likeness (QED) is 0.875. The Bertz CT molecular complexity index is 970. The monoisotopic (exact) mass is 374 g/mol. The number of rotatable bonds is 5. The number of benzene rings is 2. The van der Waals surface area contributed by atoms with Crippen molar-refractivity contribution >= 4 is 27.3 Å². The van der Waals surface area contributed by atoms with Crippen LogP contribution in [0.15, 0.2) is 42.5 Å². The van der Waals surface area contributed by atoms with Gasteiger partial charge in [0.25, 0.3) is 0 Å². The predicted octanol–water partition coefficient (Wildman–Crippen LogP) is 3.07. The number of carbonyl (C=O) groups excluding carboxylic acids is 1. The van der Waals surface area contributed by atoms with Gasteiger partial charge >= 0.3 is 0 Å². The van der Waals surface area contributed by atoms with Crippen LogP contribution in [0.4, 0.5) is 15.8 Å². The molecule has 1 saturated carbocycles. The topological polar surface area (TPSA) is 66.5 Å². The van der Waals surface area contributed by atoms with Crippen LogP contribution in [-0.4, -0.2) is 20.9 Å². The Labute approximate surface area is 151 Å². The van der Waals surface area contributed by atoms with Gasteiger partial charge in [0.1, 0.15) is 5.82 Å². The maximum Gasteiger partial charge on any atom is 0.237 e. The normalized spacial score (nSPS) is 16.4. The third kappa shape index (κ3) is 3.44. The lowest BCUT2D eigenvalue weighted by Gasteiger charge is -2.18. The van der Waals surface area contributed by atoms with Crippen molar-refractivity contribution in [3.63, 3.8) is 0 Å². The molecule has 0 radical (unpaired) electrons. The standard InChI is InChI=1S/C19H19FN2O3S/c20-17-4-2-1-3-15(17)12-26(24,25)21-16-8-7-13-9-10-22(18(13)11-16)19(23)14-5-6-14/h1-4,7-8,11,14,21H,5-6,9-10,12H2. The second kappa shape index (κ2) is 6.39. The van der Waals surface area contributed by atoms with Crippen molar-refractivity contribution in [1.29, 1.82) is 0 Å². The van der Waals surface area contributed by atoms with Crippen LogP contribution in [0, 0.1) is 11.7 Å². The Kier molecular flexibility index (Phi) is 4.19. The van der Waals surface area contributed by atoms with Crippen LogP contribution in [0.25, 0.3) is 0 Å². The van der Waals surface area contributed by atoms with Crippen LogP contribution >= 0.6 is 0 Å². The summed E-state index contributed by atoms with van der Waals surface area (Å²) in [5, 5.41) is 0. The molecule has 2 aliphatic rings. The summed E-state index contributed by atoms with van der Waals surface area (Å²) < 4.78 is 41.0. The Morgan fingerprint density at radius 2 is 1.96 bits per heavy atom. The SMILES string of the molecule is O=C(C1CC1)N1CCc2ccc(NS(=O)(=O)Cc3ccccc3F)cc21. The molecule has 0 bridgehead atoms. The molecule has 1 N–H and O–H groups in total. The first kappa shape index (κ1) is 17.0. The summed E-state index contributed by atoms with van der Waals surface area (Å²) in [6.45, 7) is 0.635. The van der Waals surface area contributed by atoms with E-state index >= 15 is 0 Å². The van der Waals surface area contributed by atoms with E-state index in [0.29, 0.717) is 12.2 Å². The first-order valence-corrected chi connectivity index (χ1v) is 10.3. The second-order valence-corrected chi connectivity index (χ2v) is 8.53. The highest BCUT2D eigenvalue weighted by atomic mass is 32.2. The van der Waals surface area contributed by atoms with Gasteiger partial charge in [0.2, 0.25) is 15.9 Å². The van der Waals surface area contributed by atoms with E-state index in [9.17, 15) is 17.6 Å². The van der Waals surface area contributed by atoms with Crippen LogP contribution < -0.4 is 9.62 Å². The van der Waals surface area contributed by atoms with Gasteiger partial charge in [-0.15, -0.1) is 0 Å². The van der Waals surface area contributed by atoms with E-state index in [0.717, 1.165) is 30.5 Å². The number of nitrogens with zero attached hydrogens (tertiary/aromatic N) is 1. The highest BCUT2D eigenvalue weighted by Crippen LogP contribution is 2.37. The van der Waals surface area contributed by atoms with Crippen molar-refractivity contribution in [2.75, 3.05) is 16.2 Å². The molecule has 0 spiro atoms. The highest BCUT2D eigenvalue weighted by molar-refractivity contribution is 7.91. The lowest BCUT2D eigenvalue weighted by atomic mass is 10.1. The summed E-state index contributed by atoms with van der Waals surface area (Å²) in [6, 6.07) is 11.0. The van der Waals surface area contributed by atoms with E-state index in [1.165, 1.54) is 18.2 Å². The Hall–Kier alpha value is -2.41. The zero-order chi connectivity index (χ0) is 18.3. The number of anilines is 2. The molecular formula is C19H19FN2O3S. The van der Waals surface area contributed by atoms with Crippen LogP contribution in [0.3, 0.4) is 0 Å². The average molecular weight is 374 g/mol. The van der Waals surface area contributed by atoms with Gasteiger partial charge in [0, 0.05) is 23.7 Å². The fourth-order valence-corrected chi connectivity index (χ4v) is 4.46. The van der Waals surface area contributed by atoms with E-state index in [1.807, 2.05) is 6.07 Å². The fraction of sp³-hybridized carbons (Fsp3) is 0.316. The fourth-order valence-electron chi connectivity index (χ4n) is 3.26. The Morgan fingerprint density at radius 3 is 2.69 bits per heavy atom.